The molecule has 0 fully saturated rings. The number of allylic oxidation sites excluding steroid dienone is 4. The molecule has 1 heteroatoms. The van der Waals surface area contributed by atoms with E-state index in [1.165, 1.54) is 30.4 Å². The maximum atomic E-state index is 5.04. The maximum Gasteiger partial charge on any atom is 0.0937 e. The third-order valence-electron chi connectivity index (χ3n) is 3.18. The van der Waals surface area contributed by atoms with Crippen molar-refractivity contribution < 1.29 is 4.42 Å². The van der Waals surface area contributed by atoms with Crippen molar-refractivity contribution in [1.82, 2.24) is 0 Å². The van der Waals surface area contributed by atoms with Gasteiger partial charge in [0, 0.05) is 0 Å². The largest absolute Gasteiger partial charge is 0.472 e. The lowest BCUT2D eigenvalue weighted by atomic mass is 9.77. The Kier molecular flexibility index (Phi) is 3.33. The topological polar surface area (TPSA) is 13.1 Å². The van der Waals surface area contributed by atoms with Crippen LogP contribution in [0.3, 0.4) is 0 Å². The highest BCUT2D eigenvalue weighted by atomic mass is 16.3. The van der Waals surface area contributed by atoms with E-state index in [4.69, 9.17) is 4.42 Å². The third kappa shape index (κ3) is 3.13. The van der Waals surface area contributed by atoms with Crippen molar-refractivity contribution >= 4 is 0 Å². The zero-order valence-electron chi connectivity index (χ0n) is 10.2. The average molecular weight is 216 g/mol. The third-order valence-corrected chi connectivity index (χ3v) is 3.18. The van der Waals surface area contributed by atoms with Gasteiger partial charge in [-0.2, -0.15) is 0 Å². The maximum absolute atomic E-state index is 5.04. The van der Waals surface area contributed by atoms with Crippen LogP contribution in [0.2, 0.25) is 0 Å². The summed E-state index contributed by atoms with van der Waals surface area (Å²) in [5.74, 6) is 0. The van der Waals surface area contributed by atoms with Gasteiger partial charge in [0.25, 0.3) is 0 Å². The van der Waals surface area contributed by atoms with Crippen molar-refractivity contribution in [3.8, 4) is 0 Å². The first-order chi connectivity index (χ1) is 7.66. The zero-order valence-corrected chi connectivity index (χ0v) is 10.2. The Balaban J connectivity index is 1.90. The minimum absolute atomic E-state index is 0.476. The molecule has 0 aliphatic heterocycles. The van der Waals surface area contributed by atoms with E-state index >= 15 is 0 Å². The highest BCUT2D eigenvalue weighted by Crippen LogP contribution is 2.35. The predicted octanol–water partition coefficient (Wildman–Crippen LogP) is 4.51. The molecule has 0 saturated heterocycles. The van der Waals surface area contributed by atoms with Gasteiger partial charge in [-0.15, -0.1) is 0 Å². The van der Waals surface area contributed by atoms with Crippen molar-refractivity contribution in [2.75, 3.05) is 0 Å². The lowest BCUT2D eigenvalue weighted by Crippen LogP contribution is -2.14. The molecular weight excluding hydrogens is 196 g/mol. The van der Waals surface area contributed by atoms with Gasteiger partial charge >= 0.3 is 0 Å². The van der Waals surface area contributed by atoms with Gasteiger partial charge in [-0.05, 0) is 42.7 Å². The highest BCUT2D eigenvalue weighted by molar-refractivity contribution is 5.24. The average Bonchev–Trinajstić information content (AvgIpc) is 2.69. The fourth-order valence-corrected chi connectivity index (χ4v) is 2.24. The van der Waals surface area contributed by atoms with Crippen LogP contribution in [0.4, 0.5) is 0 Å². The van der Waals surface area contributed by atoms with E-state index < -0.39 is 0 Å². The minimum atomic E-state index is 0.476. The minimum Gasteiger partial charge on any atom is -0.472 e. The van der Waals surface area contributed by atoms with Crippen LogP contribution in [0.1, 0.15) is 38.7 Å². The molecule has 86 valence electrons. The molecule has 0 atom stereocenters. The van der Waals surface area contributed by atoms with E-state index in [-0.39, 0.29) is 0 Å². The molecule has 1 heterocycles. The number of rotatable bonds is 3. The Labute approximate surface area is 97.9 Å². The molecule has 2 rings (SSSR count). The highest BCUT2D eigenvalue weighted by Gasteiger charge is 2.21. The van der Waals surface area contributed by atoms with E-state index in [2.05, 4.69) is 32.1 Å². The van der Waals surface area contributed by atoms with Gasteiger partial charge in [0.05, 0.1) is 12.5 Å². The second-order valence-corrected chi connectivity index (χ2v) is 5.40. The molecule has 1 aromatic rings. The molecule has 1 aliphatic rings. The van der Waals surface area contributed by atoms with Gasteiger partial charge in [-0.3, -0.25) is 0 Å². The summed E-state index contributed by atoms with van der Waals surface area (Å²) in [4.78, 5) is 0. The van der Waals surface area contributed by atoms with Gasteiger partial charge < -0.3 is 4.42 Å². The van der Waals surface area contributed by atoms with E-state index in [1.807, 2.05) is 12.3 Å². The smallest absolute Gasteiger partial charge is 0.0937 e. The van der Waals surface area contributed by atoms with E-state index in [0.717, 1.165) is 6.42 Å². The summed E-state index contributed by atoms with van der Waals surface area (Å²) < 4.78 is 5.04. The van der Waals surface area contributed by atoms with Crippen molar-refractivity contribution in [3.63, 3.8) is 0 Å². The van der Waals surface area contributed by atoms with Crippen LogP contribution in [0.25, 0.3) is 0 Å². The summed E-state index contributed by atoms with van der Waals surface area (Å²) in [6.45, 7) is 4.70. The van der Waals surface area contributed by atoms with Gasteiger partial charge in [0.1, 0.15) is 0 Å². The van der Waals surface area contributed by atoms with Crippen molar-refractivity contribution in [2.24, 2.45) is 5.41 Å². The van der Waals surface area contributed by atoms with Crippen LogP contribution >= 0.6 is 0 Å². The van der Waals surface area contributed by atoms with E-state index in [0.29, 0.717) is 5.41 Å². The van der Waals surface area contributed by atoms with Gasteiger partial charge in [0.2, 0.25) is 0 Å². The monoisotopic (exact) mass is 216 g/mol. The summed E-state index contributed by atoms with van der Waals surface area (Å²) in [7, 11) is 0. The predicted molar refractivity (Wildman–Crippen MR) is 67.3 cm³/mol. The fraction of sp³-hybridized carbons (Fsp3) is 0.467. The van der Waals surface area contributed by atoms with Crippen LogP contribution in [0.5, 0.6) is 0 Å². The molecule has 1 aliphatic carbocycles. The Morgan fingerprint density at radius 2 is 2.31 bits per heavy atom. The Bertz CT molecular complexity index is 380. The SMILES string of the molecule is CC1(C)CCC=C(/C=C/Cc2ccoc2)C1. The van der Waals surface area contributed by atoms with Gasteiger partial charge in [-0.25, -0.2) is 0 Å². The standard InChI is InChI=1S/C15H20O/c1-15(2)9-4-7-13(11-15)5-3-6-14-8-10-16-12-14/h3,5,7-8,10,12H,4,6,9,11H2,1-2H3/b5-3+. The lowest BCUT2D eigenvalue weighted by Gasteiger charge is -2.28. The molecule has 0 N–H and O–H groups in total. The normalized spacial score (nSPS) is 20.0. The quantitative estimate of drug-likeness (QED) is 0.724. The first kappa shape index (κ1) is 11.3. The molecule has 0 saturated carbocycles. The van der Waals surface area contributed by atoms with Crippen LogP contribution in [-0.2, 0) is 6.42 Å². The van der Waals surface area contributed by atoms with Gasteiger partial charge in [0.15, 0.2) is 0 Å². The number of hydrogen-bond donors (Lipinski definition) is 0. The van der Waals surface area contributed by atoms with Crippen molar-refractivity contribution in [1.29, 1.82) is 0 Å². The summed E-state index contributed by atoms with van der Waals surface area (Å²) in [5, 5.41) is 0. The molecular formula is C15H20O. The molecule has 0 radical (unpaired) electrons. The molecule has 1 aromatic heterocycles. The molecule has 0 unspecified atom stereocenters. The van der Waals surface area contributed by atoms with Crippen molar-refractivity contribution in [3.05, 3.63) is 48.0 Å². The molecule has 0 spiro atoms. The lowest BCUT2D eigenvalue weighted by molar-refractivity contribution is 0.324. The first-order valence-corrected chi connectivity index (χ1v) is 6.02. The Morgan fingerprint density at radius 1 is 1.44 bits per heavy atom. The number of furan rings is 1. The van der Waals surface area contributed by atoms with Crippen LogP contribution in [0.15, 0.2) is 46.8 Å². The molecule has 0 amide bonds. The Hall–Kier alpha value is -1.24. The summed E-state index contributed by atoms with van der Waals surface area (Å²) >= 11 is 0. The van der Waals surface area contributed by atoms with E-state index in [1.54, 1.807) is 6.26 Å². The molecule has 0 bridgehead atoms. The molecule has 1 nitrogen and oxygen atoms in total. The van der Waals surface area contributed by atoms with Gasteiger partial charge in [-0.1, -0.05) is 37.6 Å². The second-order valence-electron chi connectivity index (χ2n) is 5.40. The molecule has 16 heavy (non-hydrogen) atoms. The van der Waals surface area contributed by atoms with Crippen LogP contribution in [-0.4, -0.2) is 0 Å². The summed E-state index contributed by atoms with van der Waals surface area (Å²) in [6.07, 6.45) is 15.1. The summed E-state index contributed by atoms with van der Waals surface area (Å²) in [5.41, 5.74) is 3.20. The van der Waals surface area contributed by atoms with Crippen LogP contribution < -0.4 is 0 Å². The molecule has 0 aromatic carbocycles. The zero-order chi connectivity index (χ0) is 11.4. The van der Waals surface area contributed by atoms with E-state index in [9.17, 15) is 0 Å². The number of hydrogen-bond acceptors (Lipinski definition) is 1. The Morgan fingerprint density at radius 3 is 3.00 bits per heavy atom. The fourth-order valence-electron chi connectivity index (χ4n) is 2.24. The first-order valence-electron chi connectivity index (χ1n) is 6.02. The van der Waals surface area contributed by atoms with Crippen molar-refractivity contribution in [2.45, 2.75) is 39.5 Å². The summed E-state index contributed by atoms with van der Waals surface area (Å²) in [6, 6.07) is 2.02. The second kappa shape index (κ2) is 4.73. The van der Waals surface area contributed by atoms with Crippen LogP contribution in [0, 0.1) is 5.41 Å².